The summed E-state index contributed by atoms with van der Waals surface area (Å²) in [6.45, 7) is 1.19. The second kappa shape index (κ2) is 4.94. The van der Waals surface area contributed by atoms with Gasteiger partial charge in [-0.15, -0.1) is 0 Å². The maximum absolute atomic E-state index is 10.8. The lowest BCUT2D eigenvalue weighted by atomic mass is 10.1. The summed E-state index contributed by atoms with van der Waals surface area (Å²) in [5.41, 5.74) is 0.519. The monoisotopic (exact) mass is 235 g/mol. The van der Waals surface area contributed by atoms with Crippen LogP contribution in [0.2, 0.25) is 0 Å². The van der Waals surface area contributed by atoms with Gasteiger partial charge < -0.3 is 10.4 Å². The van der Waals surface area contributed by atoms with Crippen molar-refractivity contribution in [2.45, 2.75) is 6.92 Å². The summed E-state index contributed by atoms with van der Waals surface area (Å²) in [6, 6.07) is 4.35. The van der Waals surface area contributed by atoms with E-state index in [0.29, 0.717) is 5.56 Å². The molecule has 1 rings (SSSR count). The first kappa shape index (κ1) is 12.4. The van der Waals surface area contributed by atoms with Gasteiger partial charge in [-0.1, -0.05) is 0 Å². The highest BCUT2D eigenvalue weighted by Crippen LogP contribution is 2.27. The number of nitro benzene ring substituents is 1. The number of nitro groups is 1. The van der Waals surface area contributed by atoms with Crippen molar-refractivity contribution in [1.29, 1.82) is 5.26 Å². The van der Waals surface area contributed by atoms with Gasteiger partial charge in [-0.05, 0) is 18.6 Å². The molecule has 1 aromatic rings. The highest BCUT2D eigenvalue weighted by molar-refractivity contribution is 5.75. The van der Waals surface area contributed by atoms with Crippen LogP contribution in [0.25, 0.3) is 0 Å². The van der Waals surface area contributed by atoms with Gasteiger partial charge in [-0.2, -0.15) is 5.26 Å². The van der Waals surface area contributed by atoms with Crippen LogP contribution >= 0.6 is 0 Å². The van der Waals surface area contributed by atoms with Gasteiger partial charge in [0, 0.05) is 6.07 Å². The number of carbonyl (C=O) groups is 1. The fraction of sp³-hybridized carbons (Fsp3) is 0.200. The van der Waals surface area contributed by atoms with Crippen LogP contribution < -0.4 is 5.32 Å². The van der Waals surface area contributed by atoms with Crippen molar-refractivity contribution < 1.29 is 14.8 Å². The lowest BCUT2D eigenvalue weighted by molar-refractivity contribution is -0.384. The number of nitrogens with one attached hydrogen (secondary N) is 1. The summed E-state index contributed by atoms with van der Waals surface area (Å²) in [4.78, 5) is 20.5. The van der Waals surface area contributed by atoms with Crippen LogP contribution in [0, 0.1) is 28.4 Å². The molecule has 0 aliphatic heterocycles. The van der Waals surface area contributed by atoms with Crippen LogP contribution in [0.3, 0.4) is 0 Å². The molecule has 88 valence electrons. The number of rotatable bonds is 4. The van der Waals surface area contributed by atoms with Crippen molar-refractivity contribution in [3.8, 4) is 6.07 Å². The SMILES string of the molecule is Cc1cc(NCC(=O)O)c([N+](=O)[O-])cc1C#N. The van der Waals surface area contributed by atoms with Crippen LogP contribution in [0.15, 0.2) is 12.1 Å². The van der Waals surface area contributed by atoms with Gasteiger partial charge in [-0.25, -0.2) is 0 Å². The third kappa shape index (κ3) is 2.92. The molecule has 7 heteroatoms. The minimum absolute atomic E-state index is 0.0916. The summed E-state index contributed by atoms with van der Waals surface area (Å²) >= 11 is 0. The van der Waals surface area contributed by atoms with Crippen molar-refractivity contribution in [3.05, 3.63) is 33.4 Å². The maximum atomic E-state index is 10.8. The predicted octanol–water partition coefficient (Wildman–Crippen LogP) is 1.27. The Kier molecular flexibility index (Phi) is 3.62. The Morgan fingerprint density at radius 3 is 2.76 bits per heavy atom. The van der Waals surface area contributed by atoms with Crippen molar-refractivity contribution >= 4 is 17.3 Å². The zero-order valence-electron chi connectivity index (χ0n) is 8.93. The van der Waals surface area contributed by atoms with Crippen LogP contribution in [0.5, 0.6) is 0 Å². The average Bonchev–Trinajstić information content (AvgIpc) is 2.25. The minimum atomic E-state index is -1.12. The van der Waals surface area contributed by atoms with Crippen LogP contribution in [0.4, 0.5) is 11.4 Å². The Morgan fingerprint density at radius 1 is 1.65 bits per heavy atom. The quantitative estimate of drug-likeness (QED) is 0.599. The summed E-state index contributed by atoms with van der Waals surface area (Å²) < 4.78 is 0. The minimum Gasteiger partial charge on any atom is -0.480 e. The molecule has 0 amide bonds. The third-order valence-electron chi connectivity index (χ3n) is 2.09. The largest absolute Gasteiger partial charge is 0.480 e. The van der Waals surface area contributed by atoms with Crippen molar-refractivity contribution in [2.75, 3.05) is 11.9 Å². The van der Waals surface area contributed by atoms with Crippen LogP contribution in [-0.2, 0) is 4.79 Å². The molecule has 0 fully saturated rings. The molecular formula is C10H9N3O4. The number of nitrogens with zero attached hydrogens (tertiary/aromatic N) is 2. The molecule has 0 saturated heterocycles. The molecule has 0 bridgehead atoms. The number of aliphatic carboxylic acids is 1. The van der Waals surface area contributed by atoms with E-state index in [4.69, 9.17) is 10.4 Å². The van der Waals surface area contributed by atoms with Gasteiger partial charge in [0.05, 0.1) is 16.6 Å². The molecule has 7 nitrogen and oxygen atoms in total. The molecule has 0 spiro atoms. The van der Waals surface area contributed by atoms with E-state index in [9.17, 15) is 14.9 Å². The Bertz CT molecular complexity index is 519. The Hall–Kier alpha value is -2.62. The van der Waals surface area contributed by atoms with Gasteiger partial charge in [0.15, 0.2) is 0 Å². The van der Waals surface area contributed by atoms with Crippen LogP contribution in [0.1, 0.15) is 11.1 Å². The van der Waals surface area contributed by atoms with E-state index in [1.165, 1.54) is 6.07 Å². The van der Waals surface area contributed by atoms with Crippen molar-refractivity contribution in [3.63, 3.8) is 0 Å². The van der Waals surface area contributed by atoms with E-state index in [2.05, 4.69) is 5.32 Å². The fourth-order valence-electron chi connectivity index (χ4n) is 1.28. The first-order valence-corrected chi connectivity index (χ1v) is 4.60. The Morgan fingerprint density at radius 2 is 2.29 bits per heavy atom. The third-order valence-corrected chi connectivity index (χ3v) is 2.09. The summed E-state index contributed by atoms with van der Waals surface area (Å²) in [5, 5.41) is 30.4. The Labute approximate surface area is 96.4 Å². The number of hydrogen-bond donors (Lipinski definition) is 2. The molecule has 0 aliphatic carbocycles. The standard InChI is InChI=1S/C10H9N3O4/c1-6-2-8(12-5-10(14)15)9(13(16)17)3-7(6)4-11/h2-3,12H,5H2,1H3,(H,14,15). The fourth-order valence-corrected chi connectivity index (χ4v) is 1.28. The maximum Gasteiger partial charge on any atom is 0.322 e. The van der Waals surface area contributed by atoms with E-state index in [0.717, 1.165) is 6.07 Å². The van der Waals surface area contributed by atoms with Gasteiger partial charge in [0.25, 0.3) is 5.69 Å². The number of nitriles is 1. The number of hydrogen-bond acceptors (Lipinski definition) is 5. The zero-order valence-corrected chi connectivity index (χ0v) is 8.93. The molecule has 17 heavy (non-hydrogen) atoms. The van der Waals surface area contributed by atoms with Crippen molar-refractivity contribution in [2.24, 2.45) is 0 Å². The smallest absolute Gasteiger partial charge is 0.322 e. The second-order valence-electron chi connectivity index (χ2n) is 3.30. The molecule has 0 atom stereocenters. The van der Waals surface area contributed by atoms with Crippen LogP contribution in [-0.4, -0.2) is 22.5 Å². The molecule has 0 aromatic heterocycles. The molecule has 1 aromatic carbocycles. The number of carboxylic acid groups (broad SMARTS) is 1. The topological polar surface area (TPSA) is 116 Å². The van der Waals surface area contributed by atoms with E-state index >= 15 is 0 Å². The summed E-state index contributed by atoms with van der Waals surface area (Å²) in [6.07, 6.45) is 0. The van der Waals surface area contributed by atoms with Gasteiger partial charge >= 0.3 is 5.97 Å². The lowest BCUT2D eigenvalue weighted by Crippen LogP contribution is -2.13. The summed E-state index contributed by atoms with van der Waals surface area (Å²) in [7, 11) is 0. The summed E-state index contributed by atoms with van der Waals surface area (Å²) in [5.74, 6) is -1.12. The lowest BCUT2D eigenvalue weighted by Gasteiger charge is -2.06. The number of aryl methyl sites for hydroxylation is 1. The van der Waals surface area contributed by atoms with Gasteiger partial charge in [0.1, 0.15) is 12.2 Å². The van der Waals surface area contributed by atoms with Crippen molar-refractivity contribution in [1.82, 2.24) is 0 Å². The first-order chi connectivity index (χ1) is 7.95. The number of anilines is 1. The van der Waals surface area contributed by atoms with E-state index < -0.39 is 17.4 Å². The zero-order chi connectivity index (χ0) is 13.0. The van der Waals surface area contributed by atoms with E-state index in [-0.39, 0.29) is 16.9 Å². The molecule has 2 N–H and O–H groups in total. The van der Waals surface area contributed by atoms with Gasteiger partial charge in [0.2, 0.25) is 0 Å². The molecule has 0 saturated carbocycles. The normalized spacial score (nSPS) is 9.41. The molecule has 0 radical (unpaired) electrons. The molecule has 0 aliphatic rings. The Balaban J connectivity index is 3.19. The average molecular weight is 235 g/mol. The van der Waals surface area contributed by atoms with E-state index in [1.54, 1.807) is 6.92 Å². The molecule has 0 heterocycles. The number of benzene rings is 1. The molecular weight excluding hydrogens is 226 g/mol. The first-order valence-electron chi connectivity index (χ1n) is 4.60. The number of carboxylic acids is 1. The second-order valence-corrected chi connectivity index (χ2v) is 3.30. The van der Waals surface area contributed by atoms with Gasteiger partial charge in [-0.3, -0.25) is 14.9 Å². The highest BCUT2D eigenvalue weighted by atomic mass is 16.6. The van der Waals surface area contributed by atoms with E-state index in [1.807, 2.05) is 6.07 Å². The highest BCUT2D eigenvalue weighted by Gasteiger charge is 2.17. The predicted molar refractivity (Wildman–Crippen MR) is 58.7 cm³/mol. The molecule has 0 unspecified atom stereocenters.